The van der Waals surface area contributed by atoms with E-state index in [-0.39, 0.29) is 5.41 Å². The number of anilines is 1. The highest BCUT2D eigenvalue weighted by atomic mass is 19.4. The van der Waals surface area contributed by atoms with Gasteiger partial charge in [0.15, 0.2) is 0 Å². The van der Waals surface area contributed by atoms with Crippen molar-refractivity contribution in [2.45, 2.75) is 46.2 Å². The highest BCUT2D eigenvalue weighted by Gasteiger charge is 2.31. The second-order valence-electron chi connectivity index (χ2n) is 6.57. The second kappa shape index (κ2) is 5.66. The second-order valence-corrected chi connectivity index (χ2v) is 6.57. The van der Waals surface area contributed by atoms with E-state index < -0.39 is 11.7 Å². The zero-order valence-corrected chi connectivity index (χ0v) is 12.5. The number of pyridine rings is 1. The minimum atomic E-state index is -4.36. The number of nitrogens with one attached hydrogen (secondary N) is 1. The highest BCUT2D eigenvalue weighted by molar-refractivity contribution is 5.86. The number of hydrogen-bond donors (Lipinski definition) is 1. The van der Waals surface area contributed by atoms with E-state index in [1.165, 1.54) is 6.07 Å². The lowest BCUT2D eigenvalue weighted by atomic mass is 9.72. The number of nitrogens with zero attached hydrogens (tertiary/aromatic N) is 2. The molecule has 1 saturated carbocycles. The molecule has 0 saturated heterocycles. The monoisotopic (exact) mass is 299 g/mol. The molecule has 1 aromatic rings. The van der Waals surface area contributed by atoms with Crippen molar-refractivity contribution < 1.29 is 13.2 Å². The number of hydrogen-bond acceptors (Lipinski definition) is 3. The zero-order chi connectivity index (χ0) is 15.7. The van der Waals surface area contributed by atoms with E-state index in [1.807, 2.05) is 0 Å². The molecule has 2 rings (SSSR count). The maximum Gasteiger partial charge on any atom is 0.417 e. The Balaban J connectivity index is 2.03. The standard InChI is InChI=1S/C15H20F3N3/c1-10-6-12(8-14(2,3)7-10)20-21-13-5-4-11(9-19-13)15(16,17)18/h4-5,9-10H,6-8H2,1-3H3,(H,19,21). The van der Waals surface area contributed by atoms with E-state index >= 15 is 0 Å². The number of halogens is 3. The van der Waals surface area contributed by atoms with Crippen LogP contribution in [0.1, 0.15) is 45.6 Å². The molecule has 1 unspecified atom stereocenters. The van der Waals surface area contributed by atoms with Gasteiger partial charge in [0, 0.05) is 11.9 Å². The molecule has 3 nitrogen and oxygen atoms in total. The van der Waals surface area contributed by atoms with Gasteiger partial charge in [-0.2, -0.15) is 18.3 Å². The molecule has 116 valence electrons. The van der Waals surface area contributed by atoms with Crippen LogP contribution in [-0.2, 0) is 6.18 Å². The summed E-state index contributed by atoms with van der Waals surface area (Å²) in [6, 6.07) is 2.30. The third-order valence-corrected chi connectivity index (χ3v) is 3.59. The molecule has 1 fully saturated rings. The molecular weight excluding hydrogens is 279 g/mol. The predicted octanol–water partition coefficient (Wildman–Crippen LogP) is 4.71. The summed E-state index contributed by atoms with van der Waals surface area (Å²) in [4.78, 5) is 3.75. The average Bonchev–Trinajstić information content (AvgIpc) is 2.33. The van der Waals surface area contributed by atoms with Gasteiger partial charge in [-0.25, -0.2) is 4.98 Å². The minimum absolute atomic E-state index is 0.214. The molecule has 0 amide bonds. The van der Waals surface area contributed by atoms with Crippen LogP contribution in [0.25, 0.3) is 0 Å². The first-order valence-corrected chi connectivity index (χ1v) is 7.00. The summed E-state index contributed by atoms with van der Waals surface area (Å²) in [6.45, 7) is 6.59. The third kappa shape index (κ3) is 4.44. The van der Waals surface area contributed by atoms with E-state index in [2.05, 4.69) is 36.3 Å². The summed E-state index contributed by atoms with van der Waals surface area (Å²) in [7, 11) is 0. The van der Waals surface area contributed by atoms with Gasteiger partial charge in [-0.05, 0) is 42.7 Å². The fourth-order valence-electron chi connectivity index (χ4n) is 2.96. The first-order chi connectivity index (χ1) is 9.66. The predicted molar refractivity (Wildman–Crippen MR) is 77.1 cm³/mol. The van der Waals surface area contributed by atoms with E-state index in [4.69, 9.17) is 0 Å². The van der Waals surface area contributed by atoms with Crippen molar-refractivity contribution >= 4 is 11.5 Å². The number of alkyl halides is 3. The molecule has 0 bridgehead atoms. The molecule has 0 aromatic carbocycles. The molecule has 0 spiro atoms. The lowest BCUT2D eigenvalue weighted by Gasteiger charge is -2.34. The Morgan fingerprint density at radius 1 is 1.33 bits per heavy atom. The summed E-state index contributed by atoms with van der Waals surface area (Å²) in [5, 5.41) is 4.31. The molecule has 21 heavy (non-hydrogen) atoms. The van der Waals surface area contributed by atoms with Gasteiger partial charge in [-0.15, -0.1) is 0 Å². The summed E-state index contributed by atoms with van der Waals surface area (Å²) in [5.41, 5.74) is 3.26. The molecule has 0 radical (unpaired) electrons. The third-order valence-electron chi connectivity index (χ3n) is 3.59. The van der Waals surface area contributed by atoms with Crippen LogP contribution in [0.15, 0.2) is 23.4 Å². The van der Waals surface area contributed by atoms with Crippen molar-refractivity contribution in [3.05, 3.63) is 23.9 Å². The van der Waals surface area contributed by atoms with Crippen LogP contribution in [-0.4, -0.2) is 10.7 Å². The maximum absolute atomic E-state index is 12.4. The molecule has 1 aromatic heterocycles. The summed E-state index contributed by atoms with van der Waals surface area (Å²) >= 11 is 0. The van der Waals surface area contributed by atoms with Crippen LogP contribution in [0.5, 0.6) is 0 Å². The van der Waals surface area contributed by atoms with Crippen LogP contribution >= 0.6 is 0 Å². The lowest BCUT2D eigenvalue weighted by molar-refractivity contribution is -0.137. The normalized spacial score (nSPS) is 24.1. The molecule has 6 heteroatoms. The van der Waals surface area contributed by atoms with Gasteiger partial charge >= 0.3 is 6.18 Å². The van der Waals surface area contributed by atoms with Crippen LogP contribution < -0.4 is 5.43 Å². The van der Waals surface area contributed by atoms with E-state index in [1.54, 1.807) is 0 Å². The van der Waals surface area contributed by atoms with Crippen molar-refractivity contribution in [2.75, 3.05) is 5.43 Å². The Bertz CT molecular complexity index is 518. The molecule has 1 atom stereocenters. The first-order valence-electron chi connectivity index (χ1n) is 7.00. The number of aromatic nitrogens is 1. The smallest absolute Gasteiger partial charge is 0.261 e. The molecule has 1 heterocycles. The van der Waals surface area contributed by atoms with E-state index in [0.29, 0.717) is 11.7 Å². The van der Waals surface area contributed by atoms with Gasteiger partial charge in [-0.1, -0.05) is 20.8 Å². The van der Waals surface area contributed by atoms with Gasteiger partial charge in [0.1, 0.15) is 5.82 Å². The Kier molecular flexibility index (Phi) is 4.25. The van der Waals surface area contributed by atoms with Crippen molar-refractivity contribution in [2.24, 2.45) is 16.4 Å². The topological polar surface area (TPSA) is 37.3 Å². The lowest BCUT2D eigenvalue weighted by Crippen LogP contribution is -2.28. The fourth-order valence-corrected chi connectivity index (χ4v) is 2.96. The SMILES string of the molecule is CC1CC(=NNc2ccc(C(F)(F)F)cn2)CC(C)(C)C1. The Morgan fingerprint density at radius 3 is 2.57 bits per heavy atom. The van der Waals surface area contributed by atoms with Crippen LogP contribution in [0, 0.1) is 11.3 Å². The molecule has 1 aliphatic carbocycles. The summed E-state index contributed by atoms with van der Waals surface area (Å²) < 4.78 is 37.3. The molecule has 1 aliphatic rings. The minimum Gasteiger partial charge on any atom is -0.261 e. The quantitative estimate of drug-likeness (QED) is 0.803. The van der Waals surface area contributed by atoms with Gasteiger partial charge in [0.25, 0.3) is 0 Å². The average molecular weight is 299 g/mol. The van der Waals surface area contributed by atoms with Gasteiger partial charge in [-0.3, -0.25) is 5.43 Å². The zero-order valence-electron chi connectivity index (χ0n) is 12.5. The Morgan fingerprint density at radius 2 is 2.05 bits per heavy atom. The van der Waals surface area contributed by atoms with Gasteiger partial charge in [0.05, 0.1) is 5.56 Å². The highest BCUT2D eigenvalue weighted by Crippen LogP contribution is 2.37. The number of hydrazone groups is 1. The molecule has 1 N–H and O–H groups in total. The van der Waals surface area contributed by atoms with Crippen LogP contribution in [0.4, 0.5) is 19.0 Å². The van der Waals surface area contributed by atoms with Crippen molar-refractivity contribution in [1.29, 1.82) is 0 Å². The van der Waals surface area contributed by atoms with E-state index in [0.717, 1.165) is 37.2 Å². The Hall–Kier alpha value is -1.59. The molecule has 0 aliphatic heterocycles. The van der Waals surface area contributed by atoms with Gasteiger partial charge in [0.2, 0.25) is 0 Å². The van der Waals surface area contributed by atoms with Gasteiger partial charge < -0.3 is 0 Å². The Labute approximate surface area is 122 Å². The van der Waals surface area contributed by atoms with E-state index in [9.17, 15) is 13.2 Å². The van der Waals surface area contributed by atoms with Crippen molar-refractivity contribution in [3.63, 3.8) is 0 Å². The summed E-state index contributed by atoms with van der Waals surface area (Å²) in [6.07, 6.45) is -0.581. The number of rotatable bonds is 2. The summed E-state index contributed by atoms with van der Waals surface area (Å²) in [5.74, 6) is 0.890. The van der Waals surface area contributed by atoms with Crippen LogP contribution in [0.2, 0.25) is 0 Å². The first kappa shape index (κ1) is 15.8. The van der Waals surface area contributed by atoms with Crippen LogP contribution in [0.3, 0.4) is 0 Å². The largest absolute Gasteiger partial charge is 0.417 e. The van der Waals surface area contributed by atoms with Crippen molar-refractivity contribution in [3.8, 4) is 0 Å². The van der Waals surface area contributed by atoms with Crippen molar-refractivity contribution in [1.82, 2.24) is 4.98 Å². The molecular formula is C15H20F3N3. The maximum atomic E-state index is 12.4. The fraction of sp³-hybridized carbons (Fsp3) is 0.600.